The lowest BCUT2D eigenvalue weighted by molar-refractivity contribution is 0.265. The van der Waals surface area contributed by atoms with E-state index in [0.717, 1.165) is 0 Å². The number of benzene rings is 1. The molecule has 0 unspecified atom stereocenters. The molecule has 2 aromatic heterocycles. The zero-order valence-electron chi connectivity index (χ0n) is 10.4. The van der Waals surface area contributed by atoms with Gasteiger partial charge in [0.15, 0.2) is 0 Å². The molecule has 5 nitrogen and oxygen atoms in total. The van der Waals surface area contributed by atoms with Crippen molar-refractivity contribution in [1.29, 1.82) is 0 Å². The first-order valence-corrected chi connectivity index (χ1v) is 6.91. The number of hydrogen-bond acceptors (Lipinski definition) is 3. The molecule has 1 aliphatic heterocycles. The van der Waals surface area contributed by atoms with Gasteiger partial charge in [0, 0.05) is 6.07 Å². The molecule has 0 fully saturated rings. The lowest BCUT2D eigenvalue weighted by atomic mass is 10.1. The highest BCUT2D eigenvalue weighted by Gasteiger charge is 2.25. The van der Waals surface area contributed by atoms with Gasteiger partial charge in [-0.1, -0.05) is 0 Å². The van der Waals surface area contributed by atoms with Crippen molar-refractivity contribution in [3.05, 3.63) is 33.0 Å². The number of rotatable bonds is 0. The first kappa shape index (κ1) is 11.9. The van der Waals surface area contributed by atoms with Gasteiger partial charge in [-0.15, -0.1) is 0 Å². The van der Waals surface area contributed by atoms with Gasteiger partial charge in [0.1, 0.15) is 18.2 Å². The van der Waals surface area contributed by atoms with Crippen LogP contribution in [0, 0.1) is 5.82 Å². The summed E-state index contributed by atoms with van der Waals surface area (Å²) in [7, 11) is 0. The monoisotopic (exact) mass is 337 g/mol. The molecule has 7 heteroatoms. The van der Waals surface area contributed by atoms with Crippen LogP contribution < -0.4 is 10.4 Å². The Morgan fingerprint density at radius 3 is 3.20 bits per heavy atom. The van der Waals surface area contributed by atoms with Gasteiger partial charge in [0.25, 0.3) is 0 Å². The second kappa shape index (κ2) is 3.82. The number of nitrogens with one attached hydrogen (secondary N) is 1. The molecule has 1 atom stereocenters. The fraction of sp³-hybridized carbons (Fsp3) is 0.231. The molecule has 20 heavy (non-hydrogen) atoms. The topological polar surface area (TPSA) is 59.9 Å². The maximum atomic E-state index is 13.9. The molecule has 0 aliphatic carbocycles. The van der Waals surface area contributed by atoms with E-state index in [0.29, 0.717) is 34.3 Å². The number of pyridine rings is 1. The molecule has 0 saturated carbocycles. The number of aromatic nitrogens is 3. The van der Waals surface area contributed by atoms with Gasteiger partial charge >= 0.3 is 5.69 Å². The molecule has 1 aromatic carbocycles. The van der Waals surface area contributed by atoms with Gasteiger partial charge in [-0.05, 0) is 22.9 Å². The molecule has 0 bridgehead atoms. The van der Waals surface area contributed by atoms with E-state index >= 15 is 0 Å². The fourth-order valence-corrected chi connectivity index (χ4v) is 3.13. The summed E-state index contributed by atoms with van der Waals surface area (Å²) in [4.78, 5) is 19.1. The van der Waals surface area contributed by atoms with Crippen LogP contribution in [0.1, 0.15) is 13.0 Å². The third kappa shape index (κ3) is 1.35. The smallest absolute Gasteiger partial charge is 0.326 e. The third-order valence-electron chi connectivity index (χ3n) is 3.59. The molecule has 102 valence electrons. The number of imidazole rings is 1. The molecule has 0 radical (unpaired) electrons. The Labute approximate surface area is 120 Å². The SMILES string of the molecule is C[C@H]1COc2c(Br)c(F)cc3ncc4[nH]c(=O)n1c4c23. The Bertz CT molecular complexity index is 931. The molecule has 3 aromatic rings. The highest BCUT2D eigenvalue weighted by atomic mass is 79.9. The van der Waals surface area contributed by atoms with Crippen LogP contribution in [0.4, 0.5) is 4.39 Å². The van der Waals surface area contributed by atoms with Gasteiger partial charge in [0.05, 0.1) is 38.6 Å². The summed E-state index contributed by atoms with van der Waals surface area (Å²) in [6, 6.07) is 1.19. The average Bonchev–Trinajstić information content (AvgIpc) is 2.65. The predicted octanol–water partition coefficient (Wildman–Crippen LogP) is 2.73. The van der Waals surface area contributed by atoms with E-state index in [1.54, 1.807) is 10.8 Å². The molecule has 3 heterocycles. The van der Waals surface area contributed by atoms with E-state index < -0.39 is 5.82 Å². The molecular formula is C13H9BrFN3O2. The Balaban J connectivity index is 2.36. The summed E-state index contributed by atoms with van der Waals surface area (Å²) >= 11 is 3.21. The standard InChI is InChI=1S/C13H9BrFN3O2/c1-5-4-20-12-9-7(2-6(15)10(12)14)16-3-8-11(9)18(5)13(19)17-8/h2-3,5H,4H2,1H3,(H,17,19)/t5-/m0/s1. The highest BCUT2D eigenvalue weighted by Crippen LogP contribution is 2.40. The van der Waals surface area contributed by atoms with Crippen molar-refractivity contribution < 1.29 is 9.13 Å². The van der Waals surface area contributed by atoms with E-state index in [1.807, 2.05) is 6.92 Å². The van der Waals surface area contributed by atoms with Crippen molar-refractivity contribution >= 4 is 37.9 Å². The van der Waals surface area contributed by atoms with E-state index in [2.05, 4.69) is 25.9 Å². The summed E-state index contributed by atoms with van der Waals surface area (Å²) in [6.45, 7) is 2.18. The Morgan fingerprint density at radius 2 is 2.40 bits per heavy atom. The summed E-state index contributed by atoms with van der Waals surface area (Å²) in [5.74, 6) is -0.0338. The molecule has 0 amide bonds. The van der Waals surface area contributed by atoms with Crippen molar-refractivity contribution in [1.82, 2.24) is 14.5 Å². The van der Waals surface area contributed by atoms with Gasteiger partial charge < -0.3 is 9.72 Å². The molecule has 4 rings (SSSR count). The Morgan fingerprint density at radius 1 is 1.60 bits per heavy atom. The number of H-pyrrole nitrogens is 1. The van der Waals surface area contributed by atoms with Crippen molar-refractivity contribution in [3.8, 4) is 5.75 Å². The van der Waals surface area contributed by atoms with Gasteiger partial charge in [-0.3, -0.25) is 9.55 Å². The largest absolute Gasteiger partial charge is 0.489 e. The zero-order chi connectivity index (χ0) is 14.0. The van der Waals surface area contributed by atoms with Gasteiger partial charge in [-0.25, -0.2) is 9.18 Å². The summed E-state index contributed by atoms with van der Waals surface area (Å²) in [5.41, 5.74) is 1.59. The van der Waals surface area contributed by atoms with Crippen LogP contribution >= 0.6 is 15.9 Å². The van der Waals surface area contributed by atoms with Gasteiger partial charge in [0.2, 0.25) is 0 Å². The Kier molecular flexibility index (Phi) is 2.27. The maximum Gasteiger partial charge on any atom is 0.326 e. The van der Waals surface area contributed by atoms with Gasteiger partial charge in [-0.2, -0.15) is 0 Å². The number of hydrogen-bond donors (Lipinski definition) is 1. The predicted molar refractivity (Wildman–Crippen MR) is 75.7 cm³/mol. The zero-order valence-corrected chi connectivity index (χ0v) is 12.0. The van der Waals surface area contributed by atoms with Crippen molar-refractivity contribution in [3.63, 3.8) is 0 Å². The first-order chi connectivity index (χ1) is 9.58. The number of halogens is 2. The fourth-order valence-electron chi connectivity index (χ4n) is 2.70. The summed E-state index contributed by atoms with van der Waals surface area (Å²) in [5, 5.41) is 0.651. The lowest BCUT2D eigenvalue weighted by Crippen LogP contribution is -2.23. The van der Waals surface area contributed by atoms with Crippen LogP contribution in [0.5, 0.6) is 5.75 Å². The van der Waals surface area contributed by atoms with E-state index in [4.69, 9.17) is 4.74 Å². The van der Waals surface area contributed by atoms with Crippen molar-refractivity contribution in [2.75, 3.05) is 6.61 Å². The minimum absolute atomic E-state index is 0.149. The van der Waals surface area contributed by atoms with Crippen LogP contribution in [-0.4, -0.2) is 21.1 Å². The molecular weight excluding hydrogens is 329 g/mol. The highest BCUT2D eigenvalue weighted by molar-refractivity contribution is 9.10. The van der Waals surface area contributed by atoms with Crippen molar-refractivity contribution in [2.45, 2.75) is 13.0 Å². The van der Waals surface area contributed by atoms with E-state index in [1.165, 1.54) is 6.07 Å². The normalized spacial score (nSPS) is 17.6. The number of aromatic amines is 1. The van der Waals surface area contributed by atoms with Crippen LogP contribution in [0.3, 0.4) is 0 Å². The van der Waals surface area contributed by atoms with Crippen LogP contribution in [0.15, 0.2) is 21.5 Å². The van der Waals surface area contributed by atoms with Crippen LogP contribution in [0.25, 0.3) is 21.9 Å². The number of ether oxygens (including phenoxy) is 1. The number of nitrogens with zero attached hydrogens (tertiary/aromatic N) is 2. The summed E-state index contributed by atoms with van der Waals surface area (Å²) < 4.78 is 21.5. The maximum absolute atomic E-state index is 13.9. The van der Waals surface area contributed by atoms with E-state index in [9.17, 15) is 9.18 Å². The van der Waals surface area contributed by atoms with Crippen molar-refractivity contribution in [2.24, 2.45) is 0 Å². The Hall–Kier alpha value is -1.89. The third-order valence-corrected chi connectivity index (χ3v) is 4.33. The second-order valence-corrected chi connectivity index (χ2v) is 5.67. The summed E-state index contributed by atoms with van der Waals surface area (Å²) in [6.07, 6.45) is 1.55. The minimum Gasteiger partial charge on any atom is -0.489 e. The molecule has 0 spiro atoms. The minimum atomic E-state index is -0.432. The van der Waals surface area contributed by atoms with Crippen LogP contribution in [0.2, 0.25) is 0 Å². The molecule has 0 saturated heterocycles. The van der Waals surface area contributed by atoms with Crippen LogP contribution in [-0.2, 0) is 0 Å². The quantitative estimate of drug-likeness (QED) is 0.686. The van der Waals surface area contributed by atoms with E-state index in [-0.39, 0.29) is 16.2 Å². The lowest BCUT2D eigenvalue weighted by Gasteiger charge is -2.11. The molecule has 1 aliphatic rings. The second-order valence-electron chi connectivity index (χ2n) is 4.88. The molecule has 1 N–H and O–H groups in total. The first-order valence-electron chi connectivity index (χ1n) is 6.11. The average molecular weight is 338 g/mol.